The van der Waals surface area contributed by atoms with Crippen molar-refractivity contribution in [3.05, 3.63) is 10.6 Å². The zero-order valence-electron chi connectivity index (χ0n) is 8.64. The minimum absolute atomic E-state index is 0.0256. The highest BCUT2D eigenvalue weighted by molar-refractivity contribution is 7.07. The van der Waals surface area contributed by atoms with Crippen molar-refractivity contribution in [3.8, 4) is 0 Å². The molecule has 1 aliphatic heterocycles. The van der Waals surface area contributed by atoms with Gasteiger partial charge in [0.05, 0.1) is 5.69 Å². The van der Waals surface area contributed by atoms with Gasteiger partial charge in [0.25, 0.3) is 5.91 Å². The van der Waals surface area contributed by atoms with E-state index in [0.29, 0.717) is 17.1 Å². The lowest BCUT2D eigenvalue weighted by molar-refractivity contribution is 0.0713. The summed E-state index contributed by atoms with van der Waals surface area (Å²) in [6.45, 7) is 3.25. The second-order valence-corrected chi connectivity index (χ2v) is 4.60. The van der Waals surface area contributed by atoms with Gasteiger partial charge in [0.2, 0.25) is 0 Å². The van der Waals surface area contributed by atoms with Crippen molar-refractivity contribution in [2.24, 2.45) is 5.73 Å². The second-order valence-electron chi connectivity index (χ2n) is 3.84. The smallest absolute Gasteiger partial charge is 0.267 e. The van der Waals surface area contributed by atoms with E-state index < -0.39 is 0 Å². The predicted octanol–water partition coefficient (Wildman–Crippen LogP) is 0.410. The Balaban J connectivity index is 2.11. The molecule has 0 radical (unpaired) electrons. The maximum atomic E-state index is 12.0. The van der Waals surface area contributed by atoms with Crippen molar-refractivity contribution >= 4 is 17.4 Å². The monoisotopic (exact) mass is 226 g/mol. The Kier molecular flexibility index (Phi) is 2.97. The number of nitrogens with two attached hydrogens (primary N) is 1. The summed E-state index contributed by atoms with van der Waals surface area (Å²) in [5.41, 5.74) is 6.54. The van der Waals surface area contributed by atoms with Gasteiger partial charge in [0.15, 0.2) is 0 Å². The van der Waals surface area contributed by atoms with Crippen LogP contribution in [0.15, 0.2) is 0 Å². The largest absolute Gasteiger partial charge is 0.336 e. The van der Waals surface area contributed by atoms with Gasteiger partial charge in [-0.05, 0) is 31.3 Å². The van der Waals surface area contributed by atoms with Crippen LogP contribution in [-0.4, -0.2) is 39.5 Å². The first-order chi connectivity index (χ1) is 7.18. The molecule has 0 saturated carbocycles. The van der Waals surface area contributed by atoms with E-state index in [1.165, 1.54) is 0 Å². The van der Waals surface area contributed by atoms with Gasteiger partial charge in [-0.15, -0.1) is 5.10 Å². The molecule has 1 aliphatic rings. The lowest BCUT2D eigenvalue weighted by atomic mass is 10.1. The van der Waals surface area contributed by atoms with Gasteiger partial charge in [-0.1, -0.05) is 4.49 Å². The minimum Gasteiger partial charge on any atom is -0.336 e. The average molecular weight is 226 g/mol. The van der Waals surface area contributed by atoms with Crippen LogP contribution in [0.3, 0.4) is 0 Å². The van der Waals surface area contributed by atoms with E-state index >= 15 is 0 Å². The Labute approximate surface area is 92.4 Å². The normalized spacial score (nSPS) is 21.7. The molecule has 1 fully saturated rings. The van der Waals surface area contributed by atoms with Crippen molar-refractivity contribution in [1.29, 1.82) is 0 Å². The number of amides is 1. The topological polar surface area (TPSA) is 72.1 Å². The van der Waals surface area contributed by atoms with E-state index in [2.05, 4.69) is 9.59 Å². The van der Waals surface area contributed by atoms with Crippen LogP contribution < -0.4 is 5.73 Å². The van der Waals surface area contributed by atoms with Gasteiger partial charge >= 0.3 is 0 Å². The number of likely N-dealkylation sites (tertiary alicyclic amines) is 1. The first-order valence-electron chi connectivity index (χ1n) is 5.02. The van der Waals surface area contributed by atoms with Crippen LogP contribution in [0.4, 0.5) is 0 Å². The fourth-order valence-electron chi connectivity index (χ4n) is 1.77. The zero-order chi connectivity index (χ0) is 10.8. The highest BCUT2D eigenvalue weighted by Crippen LogP contribution is 2.16. The summed E-state index contributed by atoms with van der Waals surface area (Å²) < 4.78 is 3.77. The van der Waals surface area contributed by atoms with E-state index in [1.54, 1.807) is 11.8 Å². The molecule has 82 valence electrons. The van der Waals surface area contributed by atoms with E-state index in [4.69, 9.17) is 5.73 Å². The van der Waals surface area contributed by atoms with E-state index in [0.717, 1.165) is 30.9 Å². The number of hydrogen-bond donors (Lipinski definition) is 1. The number of carbonyl (C=O) groups is 1. The lowest BCUT2D eigenvalue weighted by Crippen LogP contribution is -2.45. The maximum absolute atomic E-state index is 12.0. The summed E-state index contributed by atoms with van der Waals surface area (Å²) >= 11 is 1.16. The molecule has 5 nitrogen and oxygen atoms in total. The maximum Gasteiger partial charge on any atom is 0.267 e. The molecule has 1 amide bonds. The van der Waals surface area contributed by atoms with Crippen LogP contribution in [0.2, 0.25) is 0 Å². The second kappa shape index (κ2) is 4.24. The Hall–Kier alpha value is -1.01. The molecule has 0 unspecified atom stereocenters. The van der Waals surface area contributed by atoms with Crippen LogP contribution in [0.1, 0.15) is 28.2 Å². The third-order valence-corrected chi connectivity index (χ3v) is 3.41. The van der Waals surface area contributed by atoms with Gasteiger partial charge in [-0.3, -0.25) is 4.79 Å². The van der Waals surface area contributed by atoms with Crippen LogP contribution in [-0.2, 0) is 0 Å². The van der Waals surface area contributed by atoms with Crippen molar-refractivity contribution in [2.75, 3.05) is 13.1 Å². The van der Waals surface area contributed by atoms with Gasteiger partial charge in [-0.2, -0.15) is 0 Å². The number of rotatable bonds is 1. The molecule has 0 spiro atoms. The highest BCUT2D eigenvalue weighted by Gasteiger charge is 2.24. The number of carbonyl (C=O) groups excluding carboxylic acids is 1. The van der Waals surface area contributed by atoms with Crippen LogP contribution >= 0.6 is 11.5 Å². The molecule has 2 heterocycles. The number of piperidine rings is 1. The Morgan fingerprint density at radius 2 is 2.47 bits per heavy atom. The fourth-order valence-corrected chi connectivity index (χ4v) is 2.39. The fraction of sp³-hybridized carbons (Fsp3) is 0.667. The third kappa shape index (κ3) is 2.15. The van der Waals surface area contributed by atoms with Crippen molar-refractivity contribution in [1.82, 2.24) is 14.5 Å². The molecule has 0 aliphatic carbocycles. The predicted molar refractivity (Wildman–Crippen MR) is 57.8 cm³/mol. The molecular formula is C9H14N4OS. The summed E-state index contributed by atoms with van der Waals surface area (Å²) in [6.07, 6.45) is 1.99. The Morgan fingerprint density at radius 3 is 3.07 bits per heavy atom. The Bertz CT molecular complexity index is 365. The van der Waals surface area contributed by atoms with Crippen molar-refractivity contribution in [3.63, 3.8) is 0 Å². The molecule has 15 heavy (non-hydrogen) atoms. The number of nitrogens with zero attached hydrogens (tertiary/aromatic N) is 3. The molecule has 2 N–H and O–H groups in total. The number of aryl methyl sites for hydroxylation is 1. The zero-order valence-corrected chi connectivity index (χ0v) is 9.46. The molecule has 1 aromatic heterocycles. The quantitative estimate of drug-likeness (QED) is 0.753. The van der Waals surface area contributed by atoms with Gasteiger partial charge in [0, 0.05) is 19.1 Å². The molecule has 1 saturated heterocycles. The summed E-state index contributed by atoms with van der Waals surface area (Å²) in [7, 11) is 0. The molecule has 0 bridgehead atoms. The summed E-state index contributed by atoms with van der Waals surface area (Å²) in [5.74, 6) is 0.0256. The van der Waals surface area contributed by atoms with Crippen molar-refractivity contribution < 1.29 is 4.79 Å². The summed E-state index contributed by atoms with van der Waals surface area (Å²) in [6, 6.07) is 0.115. The first-order valence-corrected chi connectivity index (χ1v) is 5.79. The summed E-state index contributed by atoms with van der Waals surface area (Å²) in [4.78, 5) is 14.5. The van der Waals surface area contributed by atoms with E-state index in [1.807, 2.05) is 0 Å². The molecule has 1 aromatic rings. The molecule has 0 aromatic carbocycles. The summed E-state index contributed by atoms with van der Waals surface area (Å²) in [5, 5.41) is 3.84. The van der Waals surface area contributed by atoms with Crippen LogP contribution in [0, 0.1) is 6.92 Å². The average Bonchev–Trinajstić information content (AvgIpc) is 2.63. The molecule has 1 atom stereocenters. The minimum atomic E-state index is 0.0256. The lowest BCUT2D eigenvalue weighted by Gasteiger charge is -2.30. The molecular weight excluding hydrogens is 212 g/mol. The van der Waals surface area contributed by atoms with Gasteiger partial charge < -0.3 is 10.6 Å². The third-order valence-electron chi connectivity index (χ3n) is 2.59. The van der Waals surface area contributed by atoms with Gasteiger partial charge in [0.1, 0.15) is 4.88 Å². The Morgan fingerprint density at radius 1 is 1.67 bits per heavy atom. The van der Waals surface area contributed by atoms with E-state index in [-0.39, 0.29) is 11.9 Å². The SMILES string of the molecule is Cc1nnsc1C(=O)N1CCC[C@H](N)C1. The molecule has 2 rings (SSSR count). The van der Waals surface area contributed by atoms with Crippen molar-refractivity contribution in [2.45, 2.75) is 25.8 Å². The first kappa shape index (κ1) is 10.5. The number of hydrogen-bond acceptors (Lipinski definition) is 5. The highest BCUT2D eigenvalue weighted by atomic mass is 32.1. The van der Waals surface area contributed by atoms with Crippen LogP contribution in [0.25, 0.3) is 0 Å². The van der Waals surface area contributed by atoms with Gasteiger partial charge in [-0.25, -0.2) is 0 Å². The van der Waals surface area contributed by atoms with Crippen LogP contribution in [0.5, 0.6) is 0 Å². The standard InChI is InChI=1S/C9H14N4OS/c1-6-8(15-12-11-6)9(14)13-4-2-3-7(10)5-13/h7H,2-5,10H2,1H3/t7-/m0/s1. The number of aromatic nitrogens is 2. The van der Waals surface area contributed by atoms with E-state index in [9.17, 15) is 4.79 Å². The molecule has 6 heteroatoms.